The summed E-state index contributed by atoms with van der Waals surface area (Å²) in [6.45, 7) is 1.19. The smallest absolute Gasteiger partial charge is 0.183 e. The molecule has 4 unspecified atom stereocenters. The Morgan fingerprint density at radius 1 is 1.27 bits per heavy atom. The zero-order chi connectivity index (χ0) is 9.02. The maximum absolute atomic E-state index is 12.2. The Bertz CT molecular complexity index is 128. The Labute approximate surface area is 63.3 Å². The first kappa shape index (κ1) is 10.5. The second kappa shape index (κ2) is 4.38. The first-order chi connectivity index (χ1) is 5.00. The molecular formula is C6H11FO4. The summed E-state index contributed by atoms with van der Waals surface area (Å²) in [6, 6.07) is 0. The molecule has 0 rings (SSSR count). The van der Waals surface area contributed by atoms with Crippen LogP contribution in [0.5, 0.6) is 0 Å². The van der Waals surface area contributed by atoms with Gasteiger partial charge in [-0.25, -0.2) is 4.39 Å². The van der Waals surface area contributed by atoms with E-state index >= 15 is 0 Å². The van der Waals surface area contributed by atoms with Gasteiger partial charge in [0.15, 0.2) is 12.5 Å². The Morgan fingerprint density at radius 2 is 1.73 bits per heavy atom. The summed E-state index contributed by atoms with van der Waals surface area (Å²) < 4.78 is 12.2. The fourth-order valence-corrected chi connectivity index (χ4v) is 0.554. The summed E-state index contributed by atoms with van der Waals surface area (Å²) in [7, 11) is 0. The Hall–Kier alpha value is -0.520. The van der Waals surface area contributed by atoms with Crippen LogP contribution in [0.25, 0.3) is 0 Å². The van der Waals surface area contributed by atoms with Crippen molar-refractivity contribution in [3.63, 3.8) is 0 Å². The van der Waals surface area contributed by atoms with Crippen molar-refractivity contribution < 1.29 is 24.5 Å². The third kappa shape index (κ3) is 2.92. The molecule has 0 aromatic rings. The molecule has 0 spiro atoms. The number of rotatable bonds is 4. The highest BCUT2D eigenvalue weighted by Gasteiger charge is 2.28. The van der Waals surface area contributed by atoms with E-state index in [1.165, 1.54) is 6.92 Å². The Balaban J connectivity index is 4.00. The molecule has 66 valence electrons. The predicted octanol–water partition coefficient (Wildman–Crippen LogP) is -1.37. The van der Waals surface area contributed by atoms with Gasteiger partial charge < -0.3 is 20.1 Å². The monoisotopic (exact) mass is 166 g/mol. The molecule has 5 heteroatoms. The van der Waals surface area contributed by atoms with E-state index in [0.29, 0.717) is 0 Å². The summed E-state index contributed by atoms with van der Waals surface area (Å²) in [5.74, 6) is 0. The molecule has 0 radical (unpaired) electrons. The quantitative estimate of drug-likeness (QED) is 0.450. The van der Waals surface area contributed by atoms with Crippen LogP contribution < -0.4 is 0 Å². The second-order valence-corrected chi connectivity index (χ2v) is 2.30. The van der Waals surface area contributed by atoms with Gasteiger partial charge in [0.05, 0.1) is 6.10 Å². The van der Waals surface area contributed by atoms with Crippen molar-refractivity contribution in [1.82, 2.24) is 0 Å². The summed E-state index contributed by atoms with van der Waals surface area (Å²) in [5.41, 5.74) is 0. The summed E-state index contributed by atoms with van der Waals surface area (Å²) in [4.78, 5) is 9.75. The number of carbonyl (C=O) groups excluding carboxylic acids is 1. The third-order valence-corrected chi connectivity index (χ3v) is 1.30. The molecule has 0 aliphatic carbocycles. The molecule has 0 fully saturated rings. The lowest BCUT2D eigenvalue weighted by atomic mass is 10.1. The number of hydrogen-bond donors (Lipinski definition) is 3. The largest absolute Gasteiger partial charge is 0.391 e. The minimum atomic E-state index is -2.15. The highest BCUT2D eigenvalue weighted by Crippen LogP contribution is 2.05. The van der Waals surface area contributed by atoms with Crippen LogP contribution in [0.1, 0.15) is 6.92 Å². The normalized spacial score (nSPS) is 21.9. The topological polar surface area (TPSA) is 77.8 Å². The van der Waals surface area contributed by atoms with Crippen LogP contribution in [-0.2, 0) is 4.79 Å². The standard InChI is InChI=1S/C6H11FO4/c1-3(9)5(10)6(11)4(7)2-8/h2-6,9-11H,1H3. The van der Waals surface area contributed by atoms with Gasteiger partial charge in [-0.05, 0) is 6.92 Å². The lowest BCUT2D eigenvalue weighted by Gasteiger charge is -2.19. The molecule has 0 aromatic carbocycles. The van der Waals surface area contributed by atoms with Crippen molar-refractivity contribution in [3.8, 4) is 0 Å². The maximum Gasteiger partial charge on any atom is 0.183 e. The van der Waals surface area contributed by atoms with E-state index in [2.05, 4.69) is 0 Å². The Kier molecular flexibility index (Phi) is 4.17. The van der Waals surface area contributed by atoms with Crippen molar-refractivity contribution >= 4 is 6.29 Å². The number of aldehydes is 1. The van der Waals surface area contributed by atoms with Crippen LogP contribution in [-0.4, -0.2) is 46.1 Å². The van der Waals surface area contributed by atoms with E-state index in [1.807, 2.05) is 0 Å². The van der Waals surface area contributed by atoms with Gasteiger partial charge >= 0.3 is 0 Å². The van der Waals surface area contributed by atoms with Crippen LogP contribution in [0.15, 0.2) is 0 Å². The fourth-order valence-electron chi connectivity index (χ4n) is 0.554. The van der Waals surface area contributed by atoms with Crippen molar-refractivity contribution in [2.45, 2.75) is 31.4 Å². The predicted molar refractivity (Wildman–Crippen MR) is 34.7 cm³/mol. The number of alkyl halides is 1. The molecule has 0 saturated heterocycles. The van der Waals surface area contributed by atoms with Crippen LogP contribution in [0.3, 0.4) is 0 Å². The molecular weight excluding hydrogens is 155 g/mol. The molecule has 0 aliphatic heterocycles. The minimum absolute atomic E-state index is 0.129. The van der Waals surface area contributed by atoms with Gasteiger partial charge in [0.1, 0.15) is 12.2 Å². The van der Waals surface area contributed by atoms with Gasteiger partial charge in [-0.15, -0.1) is 0 Å². The molecule has 0 amide bonds. The van der Waals surface area contributed by atoms with Crippen molar-refractivity contribution in [3.05, 3.63) is 0 Å². The summed E-state index contributed by atoms with van der Waals surface area (Å²) >= 11 is 0. The minimum Gasteiger partial charge on any atom is -0.391 e. The van der Waals surface area contributed by atoms with Crippen LogP contribution in [0, 0.1) is 0 Å². The molecule has 0 bridgehead atoms. The highest BCUT2D eigenvalue weighted by atomic mass is 19.1. The van der Waals surface area contributed by atoms with Gasteiger partial charge in [0, 0.05) is 0 Å². The van der Waals surface area contributed by atoms with E-state index < -0.39 is 24.5 Å². The SMILES string of the molecule is CC(O)C(O)C(O)C(F)C=O. The molecule has 4 atom stereocenters. The van der Waals surface area contributed by atoms with Gasteiger partial charge in [-0.3, -0.25) is 0 Å². The number of carbonyl (C=O) groups is 1. The number of aliphatic hydroxyl groups is 3. The molecule has 11 heavy (non-hydrogen) atoms. The molecule has 4 nitrogen and oxygen atoms in total. The lowest BCUT2D eigenvalue weighted by molar-refractivity contribution is -0.123. The number of halogens is 1. The molecule has 3 N–H and O–H groups in total. The number of hydrogen-bond acceptors (Lipinski definition) is 4. The van der Waals surface area contributed by atoms with Crippen LogP contribution in [0.4, 0.5) is 4.39 Å². The highest BCUT2D eigenvalue weighted by molar-refractivity contribution is 5.56. The van der Waals surface area contributed by atoms with Gasteiger partial charge in [0.2, 0.25) is 0 Å². The maximum atomic E-state index is 12.2. The van der Waals surface area contributed by atoms with E-state index in [4.69, 9.17) is 15.3 Å². The summed E-state index contributed by atoms with van der Waals surface area (Å²) in [6.07, 6.45) is -7.03. The fraction of sp³-hybridized carbons (Fsp3) is 0.833. The second-order valence-electron chi connectivity index (χ2n) is 2.30. The molecule has 0 aromatic heterocycles. The third-order valence-electron chi connectivity index (χ3n) is 1.30. The first-order valence-electron chi connectivity index (χ1n) is 3.14. The van der Waals surface area contributed by atoms with E-state index in [-0.39, 0.29) is 6.29 Å². The van der Waals surface area contributed by atoms with Gasteiger partial charge in [-0.1, -0.05) is 0 Å². The van der Waals surface area contributed by atoms with E-state index in [0.717, 1.165) is 0 Å². The zero-order valence-corrected chi connectivity index (χ0v) is 6.01. The molecule has 0 saturated carbocycles. The lowest BCUT2D eigenvalue weighted by Crippen LogP contribution is -2.42. The van der Waals surface area contributed by atoms with Crippen LogP contribution in [0.2, 0.25) is 0 Å². The van der Waals surface area contributed by atoms with Crippen LogP contribution >= 0.6 is 0 Å². The zero-order valence-electron chi connectivity index (χ0n) is 6.01. The van der Waals surface area contributed by atoms with Gasteiger partial charge in [0.25, 0.3) is 0 Å². The molecule has 0 aliphatic rings. The van der Waals surface area contributed by atoms with Gasteiger partial charge in [-0.2, -0.15) is 0 Å². The summed E-state index contributed by atoms with van der Waals surface area (Å²) in [5, 5.41) is 26.2. The van der Waals surface area contributed by atoms with Crippen molar-refractivity contribution in [2.24, 2.45) is 0 Å². The van der Waals surface area contributed by atoms with Crippen molar-refractivity contribution in [1.29, 1.82) is 0 Å². The number of aliphatic hydroxyl groups excluding tert-OH is 3. The average molecular weight is 166 g/mol. The van der Waals surface area contributed by atoms with Crippen molar-refractivity contribution in [2.75, 3.05) is 0 Å². The van der Waals surface area contributed by atoms with E-state index in [1.54, 1.807) is 0 Å². The average Bonchev–Trinajstić information content (AvgIpc) is 2.00. The first-order valence-corrected chi connectivity index (χ1v) is 3.14. The van der Waals surface area contributed by atoms with E-state index in [9.17, 15) is 9.18 Å². The Morgan fingerprint density at radius 3 is 2.00 bits per heavy atom. The molecule has 0 heterocycles.